The second-order valence-corrected chi connectivity index (χ2v) is 5.26. The monoisotopic (exact) mass is 318 g/mol. The topological polar surface area (TPSA) is 44.2 Å². The molecule has 0 amide bonds. The summed E-state index contributed by atoms with van der Waals surface area (Å²) < 4.78 is 15.2. The lowest BCUT2D eigenvalue weighted by Crippen LogP contribution is -1.97. The molecule has 0 aliphatic carbocycles. The molecule has 106 valence electrons. The average Bonchev–Trinajstić information content (AvgIpc) is 2.95. The van der Waals surface area contributed by atoms with E-state index in [4.69, 9.17) is 21.1 Å². The number of hydrogen-bond acceptors (Lipinski definition) is 5. The highest BCUT2D eigenvalue weighted by atomic mass is 35.5. The first kappa shape index (κ1) is 13.9. The van der Waals surface area contributed by atoms with E-state index in [-0.39, 0.29) is 6.01 Å². The minimum absolute atomic E-state index is 0.283. The van der Waals surface area contributed by atoms with E-state index in [1.807, 2.05) is 54.6 Å². The van der Waals surface area contributed by atoms with E-state index in [2.05, 4.69) is 9.36 Å². The molecule has 1 heterocycles. The first-order chi connectivity index (χ1) is 10.3. The van der Waals surface area contributed by atoms with Gasteiger partial charge in [-0.1, -0.05) is 48.0 Å². The molecule has 0 radical (unpaired) electrons. The Hall–Kier alpha value is -2.11. The Morgan fingerprint density at radius 3 is 2.57 bits per heavy atom. The molecular formula is C15H11ClN2O2S. The normalized spacial score (nSPS) is 10.3. The van der Waals surface area contributed by atoms with Crippen LogP contribution in [0.2, 0.25) is 5.02 Å². The van der Waals surface area contributed by atoms with Gasteiger partial charge in [0, 0.05) is 22.1 Å². The second-order valence-electron chi connectivity index (χ2n) is 4.14. The van der Waals surface area contributed by atoms with Gasteiger partial charge in [-0.05, 0) is 18.2 Å². The zero-order chi connectivity index (χ0) is 14.5. The number of nitrogens with zero attached hydrogens (tertiary/aromatic N) is 2. The summed E-state index contributed by atoms with van der Waals surface area (Å²) in [6.07, 6.45) is 0. The molecule has 0 aliphatic heterocycles. The predicted octanol–water partition coefficient (Wildman–Crippen LogP) is 4.56. The van der Waals surface area contributed by atoms with Crippen molar-refractivity contribution in [2.45, 2.75) is 6.61 Å². The molecule has 0 fully saturated rings. The fourth-order valence-corrected chi connectivity index (χ4v) is 2.34. The van der Waals surface area contributed by atoms with E-state index in [0.29, 0.717) is 22.6 Å². The third-order valence-corrected chi connectivity index (χ3v) is 3.60. The Bertz CT molecular complexity index is 718. The van der Waals surface area contributed by atoms with Crippen molar-refractivity contribution in [3.05, 3.63) is 65.2 Å². The van der Waals surface area contributed by atoms with Crippen LogP contribution in [-0.2, 0) is 6.61 Å². The van der Waals surface area contributed by atoms with E-state index in [0.717, 1.165) is 17.1 Å². The minimum atomic E-state index is 0.283. The second kappa shape index (κ2) is 6.56. The van der Waals surface area contributed by atoms with Crippen LogP contribution in [0.1, 0.15) is 5.56 Å². The summed E-state index contributed by atoms with van der Waals surface area (Å²) >= 11 is 7.20. The first-order valence-electron chi connectivity index (χ1n) is 6.24. The van der Waals surface area contributed by atoms with Gasteiger partial charge in [-0.25, -0.2) is 0 Å². The maximum Gasteiger partial charge on any atom is 0.331 e. The first-order valence-corrected chi connectivity index (χ1v) is 7.39. The van der Waals surface area contributed by atoms with E-state index < -0.39 is 0 Å². The lowest BCUT2D eigenvalue weighted by molar-refractivity contribution is 0.282. The van der Waals surface area contributed by atoms with Crippen LogP contribution < -0.4 is 9.47 Å². The zero-order valence-electron chi connectivity index (χ0n) is 10.9. The number of rotatable bonds is 5. The Morgan fingerprint density at radius 2 is 1.76 bits per heavy atom. The maximum atomic E-state index is 6.06. The molecular weight excluding hydrogens is 308 g/mol. The fraction of sp³-hybridized carbons (Fsp3) is 0.0667. The number of para-hydroxylation sites is 1. The summed E-state index contributed by atoms with van der Waals surface area (Å²) in [4.78, 5) is 4.17. The van der Waals surface area contributed by atoms with E-state index in [9.17, 15) is 0 Å². The van der Waals surface area contributed by atoms with Crippen molar-refractivity contribution in [2.75, 3.05) is 0 Å². The molecule has 0 N–H and O–H groups in total. The summed E-state index contributed by atoms with van der Waals surface area (Å²) in [6, 6.07) is 17.2. The van der Waals surface area contributed by atoms with Crippen molar-refractivity contribution < 1.29 is 9.47 Å². The van der Waals surface area contributed by atoms with Crippen molar-refractivity contribution in [3.8, 4) is 17.0 Å². The van der Waals surface area contributed by atoms with Crippen LogP contribution in [0.25, 0.3) is 0 Å². The molecule has 0 saturated heterocycles. The molecule has 4 nitrogen and oxygen atoms in total. The maximum absolute atomic E-state index is 6.06. The summed E-state index contributed by atoms with van der Waals surface area (Å²) in [5.74, 6) is 0.714. The quantitative estimate of drug-likeness (QED) is 0.691. The standard InChI is InChI=1S/C15H11ClN2O2S/c16-13-9-5-4-6-11(13)10-19-14-17-15(21-18-14)20-12-7-2-1-3-8-12/h1-9H,10H2. The smallest absolute Gasteiger partial charge is 0.331 e. The van der Waals surface area contributed by atoms with Crippen LogP contribution in [0.15, 0.2) is 54.6 Å². The highest BCUT2D eigenvalue weighted by Gasteiger charge is 2.08. The average molecular weight is 319 g/mol. The minimum Gasteiger partial charge on any atom is -0.458 e. The molecule has 0 bridgehead atoms. The van der Waals surface area contributed by atoms with Crippen LogP contribution in [0.4, 0.5) is 0 Å². The van der Waals surface area contributed by atoms with Crippen molar-refractivity contribution >= 4 is 23.1 Å². The van der Waals surface area contributed by atoms with Gasteiger partial charge in [-0.2, -0.15) is 0 Å². The van der Waals surface area contributed by atoms with Gasteiger partial charge in [0.15, 0.2) is 0 Å². The van der Waals surface area contributed by atoms with E-state index in [1.165, 1.54) is 0 Å². The molecule has 0 atom stereocenters. The van der Waals surface area contributed by atoms with Crippen LogP contribution in [0.5, 0.6) is 17.0 Å². The van der Waals surface area contributed by atoms with Gasteiger partial charge in [0.2, 0.25) is 0 Å². The third-order valence-electron chi connectivity index (χ3n) is 2.65. The molecule has 0 unspecified atom stereocenters. The van der Waals surface area contributed by atoms with E-state index >= 15 is 0 Å². The number of benzene rings is 2. The molecule has 2 aromatic carbocycles. The van der Waals surface area contributed by atoms with Gasteiger partial charge in [-0.15, -0.1) is 9.36 Å². The predicted molar refractivity (Wildman–Crippen MR) is 82.2 cm³/mol. The van der Waals surface area contributed by atoms with Crippen LogP contribution in [-0.4, -0.2) is 9.36 Å². The van der Waals surface area contributed by atoms with Crippen LogP contribution >= 0.6 is 23.1 Å². The van der Waals surface area contributed by atoms with Gasteiger partial charge in [-0.3, -0.25) is 0 Å². The number of hydrogen-bond donors (Lipinski definition) is 0. The van der Waals surface area contributed by atoms with Crippen molar-refractivity contribution in [1.82, 2.24) is 9.36 Å². The van der Waals surface area contributed by atoms with Gasteiger partial charge in [0.25, 0.3) is 0 Å². The molecule has 0 spiro atoms. The Labute approximate surface area is 131 Å². The molecule has 0 aliphatic rings. The fourth-order valence-electron chi connectivity index (χ4n) is 1.64. The highest BCUT2D eigenvalue weighted by Crippen LogP contribution is 2.25. The molecule has 21 heavy (non-hydrogen) atoms. The van der Waals surface area contributed by atoms with Crippen LogP contribution in [0, 0.1) is 0 Å². The zero-order valence-corrected chi connectivity index (χ0v) is 12.5. The lowest BCUT2D eigenvalue weighted by Gasteiger charge is -2.03. The van der Waals surface area contributed by atoms with Gasteiger partial charge >= 0.3 is 11.2 Å². The Morgan fingerprint density at radius 1 is 1.00 bits per heavy atom. The number of halogens is 1. The van der Waals surface area contributed by atoms with Crippen molar-refractivity contribution in [2.24, 2.45) is 0 Å². The SMILES string of the molecule is Clc1ccccc1COc1nsc(Oc2ccccc2)n1. The van der Waals surface area contributed by atoms with Crippen molar-refractivity contribution in [1.29, 1.82) is 0 Å². The molecule has 3 aromatic rings. The highest BCUT2D eigenvalue weighted by molar-refractivity contribution is 7.07. The summed E-state index contributed by atoms with van der Waals surface area (Å²) in [6.45, 7) is 0.321. The largest absolute Gasteiger partial charge is 0.458 e. The summed E-state index contributed by atoms with van der Waals surface area (Å²) in [5.41, 5.74) is 0.888. The van der Waals surface area contributed by atoms with E-state index in [1.54, 1.807) is 0 Å². The molecule has 0 saturated carbocycles. The Balaban J connectivity index is 1.62. The summed E-state index contributed by atoms with van der Waals surface area (Å²) in [5, 5.41) is 1.10. The van der Waals surface area contributed by atoms with Crippen LogP contribution in [0.3, 0.4) is 0 Å². The van der Waals surface area contributed by atoms with Crippen molar-refractivity contribution in [3.63, 3.8) is 0 Å². The number of ether oxygens (including phenoxy) is 2. The third kappa shape index (κ3) is 3.71. The molecule has 6 heteroatoms. The molecule has 1 aromatic heterocycles. The number of aromatic nitrogens is 2. The molecule has 3 rings (SSSR count). The lowest BCUT2D eigenvalue weighted by atomic mass is 10.2. The van der Waals surface area contributed by atoms with Gasteiger partial charge in [0.05, 0.1) is 0 Å². The summed E-state index contributed by atoms with van der Waals surface area (Å²) in [7, 11) is 0. The van der Waals surface area contributed by atoms with Gasteiger partial charge in [0.1, 0.15) is 12.4 Å². The van der Waals surface area contributed by atoms with Gasteiger partial charge < -0.3 is 9.47 Å². The Kier molecular flexibility index (Phi) is 4.33.